The minimum absolute atomic E-state index is 0. The molecule has 0 heterocycles. The van der Waals surface area contributed by atoms with Crippen LogP contribution in [0.1, 0.15) is 71.4 Å². The number of nitrogens with two attached hydrogens (primary N) is 2. The van der Waals surface area contributed by atoms with Crippen molar-refractivity contribution in [2.24, 2.45) is 17.4 Å². The van der Waals surface area contributed by atoms with Crippen LogP contribution in [-0.2, 0) is 22.6 Å². The van der Waals surface area contributed by atoms with E-state index in [0.29, 0.717) is 24.1 Å². The van der Waals surface area contributed by atoms with E-state index in [-0.39, 0.29) is 41.8 Å². The lowest BCUT2D eigenvalue weighted by Gasteiger charge is -2.31. The molecule has 0 aromatic heterocycles. The molecule has 0 bridgehead atoms. The summed E-state index contributed by atoms with van der Waals surface area (Å²) in [5.41, 5.74) is 16.2. The lowest BCUT2D eigenvalue weighted by atomic mass is 9.82. The van der Waals surface area contributed by atoms with Crippen LogP contribution in [0.25, 0.3) is 0 Å². The van der Waals surface area contributed by atoms with E-state index in [1.165, 1.54) is 0 Å². The summed E-state index contributed by atoms with van der Waals surface area (Å²) in [5, 5.41) is 21.5. The molecule has 1 aliphatic rings. The van der Waals surface area contributed by atoms with Crippen molar-refractivity contribution < 1.29 is 9.59 Å². The molecule has 4 rings (SSSR count). The van der Waals surface area contributed by atoms with Gasteiger partial charge in [0, 0.05) is 17.7 Å². The number of carbonyl (C=O) groups excluding carboxylic acids is 2. The van der Waals surface area contributed by atoms with Gasteiger partial charge in [0.15, 0.2) is 0 Å². The van der Waals surface area contributed by atoms with Gasteiger partial charge in [-0.1, -0.05) is 92.1 Å². The van der Waals surface area contributed by atoms with Crippen LogP contribution in [0.5, 0.6) is 0 Å². The van der Waals surface area contributed by atoms with Crippen LogP contribution in [0.2, 0.25) is 0 Å². The highest BCUT2D eigenvalue weighted by Crippen LogP contribution is 2.29. The number of rotatable bonds is 11. The van der Waals surface area contributed by atoms with Gasteiger partial charge in [-0.3, -0.25) is 20.4 Å². The van der Waals surface area contributed by atoms with Crippen LogP contribution < -0.4 is 22.1 Å². The van der Waals surface area contributed by atoms with Crippen molar-refractivity contribution in [3.05, 3.63) is 106 Å². The highest BCUT2D eigenvalue weighted by molar-refractivity contribution is 5.95. The van der Waals surface area contributed by atoms with Crippen LogP contribution in [0.3, 0.4) is 0 Å². The fourth-order valence-electron chi connectivity index (χ4n) is 5.60. The van der Waals surface area contributed by atoms with Crippen molar-refractivity contribution in [1.29, 1.82) is 10.8 Å². The Morgan fingerprint density at radius 2 is 1.36 bits per heavy atom. The maximum Gasteiger partial charge on any atom is 0.243 e. The van der Waals surface area contributed by atoms with E-state index in [2.05, 4.69) is 10.6 Å². The molecule has 1 fully saturated rings. The molecular formula is C33H41ClN6O2. The number of nitrogens with one attached hydrogen (secondary N) is 4. The largest absolute Gasteiger partial charge is 0.384 e. The number of benzene rings is 3. The normalized spacial score (nSPS) is 14.6. The number of hydrogen-bond donors (Lipinski definition) is 6. The summed E-state index contributed by atoms with van der Waals surface area (Å²) >= 11 is 0. The Balaban J connectivity index is 0.00000484. The Hall–Kier alpha value is -4.17. The zero-order valence-corrected chi connectivity index (χ0v) is 24.8. The molecule has 0 radical (unpaired) electrons. The minimum atomic E-state index is -0.633. The number of aryl methyl sites for hydroxylation is 1. The van der Waals surface area contributed by atoms with Crippen molar-refractivity contribution in [3.63, 3.8) is 0 Å². The first-order valence-electron chi connectivity index (χ1n) is 14.2. The third kappa shape index (κ3) is 8.42. The zero-order chi connectivity index (χ0) is 29.4. The standard InChI is InChI=1S/C33H40N6O2.ClH/c1-21-7-5-6-10-27(21)28(19-22-11-15-25(16-12-22)30(34)35)32(40)39-29(24-8-3-2-4-9-24)33(41)38-20-23-13-17-26(18-14-23)31(36)37;/h5-7,10-18,24,28-29H,2-4,8-9,19-20H2,1H3,(H3,34,35)(H3,36,37)(H,38,41)(H,39,40);1H/t28?,29-;/m0./s1. The summed E-state index contributed by atoms with van der Waals surface area (Å²) in [7, 11) is 0. The number of amides is 2. The van der Waals surface area contributed by atoms with E-state index >= 15 is 0 Å². The van der Waals surface area contributed by atoms with Gasteiger partial charge in [-0.25, -0.2) is 0 Å². The van der Waals surface area contributed by atoms with Gasteiger partial charge in [-0.15, -0.1) is 12.4 Å². The monoisotopic (exact) mass is 588 g/mol. The number of carbonyl (C=O) groups is 2. The van der Waals surface area contributed by atoms with Gasteiger partial charge in [0.05, 0.1) is 5.92 Å². The van der Waals surface area contributed by atoms with Crippen molar-refractivity contribution in [2.75, 3.05) is 0 Å². The SMILES string of the molecule is Cc1ccccc1C(Cc1ccc(C(=N)N)cc1)C(=O)N[C@H](C(=O)NCc1ccc(C(=N)N)cc1)C1CCCCC1.Cl. The molecule has 8 nitrogen and oxygen atoms in total. The number of hydrogen-bond acceptors (Lipinski definition) is 4. The molecule has 2 amide bonds. The molecule has 0 aliphatic heterocycles. The number of amidine groups is 2. The first kappa shape index (κ1) is 32.3. The molecule has 1 aliphatic carbocycles. The Morgan fingerprint density at radius 1 is 0.810 bits per heavy atom. The van der Waals surface area contributed by atoms with Gasteiger partial charge in [0.25, 0.3) is 0 Å². The van der Waals surface area contributed by atoms with Gasteiger partial charge in [0.2, 0.25) is 11.8 Å². The van der Waals surface area contributed by atoms with Crippen molar-refractivity contribution in [3.8, 4) is 0 Å². The van der Waals surface area contributed by atoms with Crippen LogP contribution in [0.4, 0.5) is 0 Å². The second-order valence-electron chi connectivity index (χ2n) is 10.9. The molecule has 222 valence electrons. The second-order valence-corrected chi connectivity index (χ2v) is 10.9. The first-order chi connectivity index (χ1) is 19.7. The maximum atomic E-state index is 14.0. The molecular weight excluding hydrogens is 548 g/mol. The molecule has 9 heteroatoms. The summed E-state index contributed by atoms with van der Waals surface area (Å²) in [5.74, 6) is -0.779. The summed E-state index contributed by atoms with van der Waals surface area (Å²) in [4.78, 5) is 27.6. The van der Waals surface area contributed by atoms with Gasteiger partial charge >= 0.3 is 0 Å². The fourth-order valence-corrected chi connectivity index (χ4v) is 5.60. The van der Waals surface area contributed by atoms with Crippen molar-refractivity contribution in [2.45, 2.75) is 64.0 Å². The molecule has 1 saturated carbocycles. The van der Waals surface area contributed by atoms with Crippen molar-refractivity contribution >= 4 is 35.9 Å². The zero-order valence-electron chi connectivity index (χ0n) is 24.0. The van der Waals surface area contributed by atoms with Crippen LogP contribution >= 0.6 is 12.4 Å². The third-order valence-electron chi connectivity index (χ3n) is 8.02. The van der Waals surface area contributed by atoms with Gasteiger partial charge in [0.1, 0.15) is 17.7 Å². The fraction of sp³-hybridized carbons (Fsp3) is 0.333. The van der Waals surface area contributed by atoms with Crippen LogP contribution in [0.15, 0.2) is 72.8 Å². The summed E-state index contributed by atoms with van der Waals surface area (Å²) < 4.78 is 0. The molecule has 1 unspecified atom stereocenters. The molecule has 2 atom stereocenters. The topological polar surface area (TPSA) is 158 Å². The molecule has 3 aromatic rings. The highest BCUT2D eigenvalue weighted by atomic mass is 35.5. The van der Waals surface area contributed by atoms with E-state index < -0.39 is 12.0 Å². The van der Waals surface area contributed by atoms with Gasteiger partial charge < -0.3 is 22.1 Å². The maximum absolute atomic E-state index is 14.0. The van der Waals surface area contributed by atoms with Gasteiger partial charge in [-0.05, 0) is 54.4 Å². The molecule has 3 aromatic carbocycles. The summed E-state index contributed by atoms with van der Waals surface area (Å²) in [6, 6.07) is 21.8. The Labute approximate surface area is 254 Å². The van der Waals surface area contributed by atoms with Crippen LogP contribution in [-0.4, -0.2) is 29.5 Å². The predicted octanol–water partition coefficient (Wildman–Crippen LogP) is 4.69. The average Bonchev–Trinajstić information content (AvgIpc) is 2.98. The van der Waals surface area contributed by atoms with E-state index in [1.807, 2.05) is 55.5 Å². The number of halogens is 1. The Morgan fingerprint density at radius 3 is 1.90 bits per heavy atom. The van der Waals surface area contributed by atoms with Gasteiger partial charge in [-0.2, -0.15) is 0 Å². The molecule has 8 N–H and O–H groups in total. The first-order valence-corrected chi connectivity index (χ1v) is 14.2. The van der Waals surface area contributed by atoms with E-state index in [0.717, 1.165) is 54.4 Å². The van der Waals surface area contributed by atoms with E-state index in [4.69, 9.17) is 22.3 Å². The minimum Gasteiger partial charge on any atom is -0.384 e. The second kappa shape index (κ2) is 15.2. The summed E-state index contributed by atoms with van der Waals surface area (Å²) in [6.07, 6.45) is 5.47. The highest BCUT2D eigenvalue weighted by Gasteiger charge is 2.33. The number of nitrogen functional groups attached to an aromatic ring is 2. The Bertz CT molecular complexity index is 1380. The predicted molar refractivity (Wildman–Crippen MR) is 170 cm³/mol. The lowest BCUT2D eigenvalue weighted by Crippen LogP contribution is -2.52. The molecule has 42 heavy (non-hydrogen) atoms. The average molecular weight is 589 g/mol. The van der Waals surface area contributed by atoms with E-state index in [9.17, 15) is 9.59 Å². The lowest BCUT2D eigenvalue weighted by molar-refractivity contribution is -0.131. The Kier molecular flexibility index (Phi) is 11.7. The van der Waals surface area contributed by atoms with Crippen LogP contribution in [0, 0.1) is 23.7 Å². The smallest absolute Gasteiger partial charge is 0.243 e. The third-order valence-corrected chi connectivity index (χ3v) is 8.02. The molecule has 0 spiro atoms. The quantitative estimate of drug-likeness (QED) is 0.142. The summed E-state index contributed by atoms with van der Waals surface area (Å²) in [6.45, 7) is 2.32. The molecule has 0 saturated heterocycles. The van der Waals surface area contributed by atoms with E-state index in [1.54, 1.807) is 24.3 Å². The van der Waals surface area contributed by atoms with Crippen molar-refractivity contribution in [1.82, 2.24) is 10.6 Å².